The normalized spacial score (nSPS) is 11.0. The van der Waals surface area contributed by atoms with Crippen LogP contribution >= 0.6 is 27.3 Å². The highest BCUT2D eigenvalue weighted by Crippen LogP contribution is 2.26. The van der Waals surface area contributed by atoms with Gasteiger partial charge in [-0.15, -0.1) is 11.3 Å². The SMILES string of the molecule is CCNc1nc(C(C)C)nc(NCc2sccc2Br)c1C. The monoisotopic (exact) mass is 368 g/mol. The number of nitrogens with one attached hydrogen (secondary N) is 2. The standard InChI is InChI=1S/C15H21BrN4S/c1-5-17-14-10(4)15(20-13(19-14)9(2)3)18-8-12-11(16)6-7-21-12/h6-7,9H,5,8H2,1-4H3,(H2,17,18,19,20). The lowest BCUT2D eigenvalue weighted by atomic mass is 10.2. The van der Waals surface area contributed by atoms with Crippen LogP contribution in [0.1, 0.15) is 43.0 Å². The van der Waals surface area contributed by atoms with Crippen LogP contribution < -0.4 is 10.6 Å². The van der Waals surface area contributed by atoms with Gasteiger partial charge in [0.2, 0.25) is 0 Å². The largest absolute Gasteiger partial charge is 0.370 e. The van der Waals surface area contributed by atoms with Gasteiger partial charge in [0.25, 0.3) is 0 Å². The first-order valence-corrected chi connectivity index (χ1v) is 8.78. The highest BCUT2D eigenvalue weighted by molar-refractivity contribution is 9.10. The summed E-state index contributed by atoms with van der Waals surface area (Å²) in [6.45, 7) is 9.96. The third-order valence-electron chi connectivity index (χ3n) is 3.13. The van der Waals surface area contributed by atoms with Crippen molar-refractivity contribution in [3.8, 4) is 0 Å². The second-order valence-electron chi connectivity index (χ2n) is 5.13. The molecule has 0 bridgehead atoms. The van der Waals surface area contributed by atoms with E-state index in [0.717, 1.165) is 40.6 Å². The number of anilines is 2. The lowest BCUT2D eigenvalue weighted by Gasteiger charge is -2.15. The first-order valence-electron chi connectivity index (χ1n) is 7.11. The molecule has 0 unspecified atom stereocenters. The Morgan fingerprint density at radius 2 is 1.90 bits per heavy atom. The fourth-order valence-corrected chi connectivity index (χ4v) is 3.35. The minimum Gasteiger partial charge on any atom is -0.370 e. The molecule has 0 saturated carbocycles. The highest BCUT2D eigenvalue weighted by atomic mass is 79.9. The average Bonchev–Trinajstić information content (AvgIpc) is 2.85. The Kier molecular flexibility index (Phi) is 5.58. The van der Waals surface area contributed by atoms with E-state index >= 15 is 0 Å². The number of nitrogens with zero attached hydrogens (tertiary/aromatic N) is 2. The molecule has 0 aromatic carbocycles. The van der Waals surface area contributed by atoms with Crippen LogP contribution in [0.15, 0.2) is 15.9 Å². The van der Waals surface area contributed by atoms with Crippen molar-refractivity contribution < 1.29 is 0 Å². The molecule has 2 aromatic rings. The van der Waals surface area contributed by atoms with Crippen LogP contribution in [-0.2, 0) is 6.54 Å². The topological polar surface area (TPSA) is 49.8 Å². The maximum absolute atomic E-state index is 4.67. The summed E-state index contributed by atoms with van der Waals surface area (Å²) in [7, 11) is 0. The number of halogens is 1. The fourth-order valence-electron chi connectivity index (χ4n) is 1.92. The average molecular weight is 369 g/mol. The Morgan fingerprint density at radius 3 is 2.43 bits per heavy atom. The van der Waals surface area contributed by atoms with Crippen LogP contribution in [-0.4, -0.2) is 16.5 Å². The number of hydrogen-bond donors (Lipinski definition) is 2. The molecule has 21 heavy (non-hydrogen) atoms. The molecule has 0 atom stereocenters. The van der Waals surface area contributed by atoms with E-state index in [-0.39, 0.29) is 0 Å². The maximum Gasteiger partial charge on any atom is 0.135 e. The van der Waals surface area contributed by atoms with Gasteiger partial charge in [-0.05, 0) is 41.2 Å². The molecule has 0 spiro atoms. The van der Waals surface area contributed by atoms with Crippen LogP contribution in [0, 0.1) is 6.92 Å². The summed E-state index contributed by atoms with van der Waals surface area (Å²) in [5.41, 5.74) is 1.06. The lowest BCUT2D eigenvalue weighted by Crippen LogP contribution is -2.11. The quantitative estimate of drug-likeness (QED) is 0.770. The third-order valence-corrected chi connectivity index (χ3v) is 5.06. The van der Waals surface area contributed by atoms with Crippen LogP contribution in [0.2, 0.25) is 0 Å². The molecular formula is C15H21BrN4S. The van der Waals surface area contributed by atoms with E-state index in [1.54, 1.807) is 11.3 Å². The number of thiophene rings is 1. The van der Waals surface area contributed by atoms with Gasteiger partial charge in [0.05, 0.1) is 6.54 Å². The van der Waals surface area contributed by atoms with Crippen molar-refractivity contribution >= 4 is 38.9 Å². The van der Waals surface area contributed by atoms with Gasteiger partial charge in [-0.2, -0.15) is 0 Å². The van der Waals surface area contributed by atoms with Crippen molar-refractivity contribution in [3.05, 3.63) is 32.2 Å². The van der Waals surface area contributed by atoms with Crippen molar-refractivity contribution in [2.24, 2.45) is 0 Å². The Hall–Kier alpha value is -1.14. The van der Waals surface area contributed by atoms with Gasteiger partial charge in [0.15, 0.2) is 0 Å². The second kappa shape index (κ2) is 7.22. The Bertz CT molecular complexity index is 610. The van der Waals surface area contributed by atoms with Crippen molar-refractivity contribution in [2.75, 3.05) is 17.2 Å². The zero-order valence-electron chi connectivity index (χ0n) is 12.8. The minimum atomic E-state index is 0.303. The first kappa shape index (κ1) is 16.2. The van der Waals surface area contributed by atoms with E-state index in [9.17, 15) is 0 Å². The van der Waals surface area contributed by atoms with Crippen LogP contribution in [0.5, 0.6) is 0 Å². The summed E-state index contributed by atoms with van der Waals surface area (Å²) in [5.74, 6) is 3.00. The predicted octanol–water partition coefficient (Wildman–Crippen LogP) is 4.78. The van der Waals surface area contributed by atoms with E-state index in [1.807, 2.05) is 6.92 Å². The molecule has 2 heterocycles. The van der Waals surface area contributed by atoms with Gasteiger partial charge >= 0.3 is 0 Å². The molecular weight excluding hydrogens is 348 g/mol. The predicted molar refractivity (Wildman–Crippen MR) is 94.4 cm³/mol. The van der Waals surface area contributed by atoms with Crippen molar-refractivity contribution in [3.63, 3.8) is 0 Å². The van der Waals surface area contributed by atoms with E-state index in [2.05, 4.69) is 68.7 Å². The van der Waals surface area contributed by atoms with Gasteiger partial charge in [0, 0.05) is 27.4 Å². The molecule has 114 valence electrons. The van der Waals surface area contributed by atoms with E-state index in [4.69, 9.17) is 0 Å². The zero-order valence-corrected chi connectivity index (χ0v) is 15.2. The van der Waals surface area contributed by atoms with Crippen molar-refractivity contribution in [2.45, 2.75) is 40.2 Å². The van der Waals surface area contributed by atoms with Crippen molar-refractivity contribution in [1.82, 2.24) is 9.97 Å². The third kappa shape index (κ3) is 3.95. The lowest BCUT2D eigenvalue weighted by molar-refractivity contribution is 0.772. The van der Waals surface area contributed by atoms with Crippen molar-refractivity contribution in [1.29, 1.82) is 0 Å². The number of rotatable bonds is 6. The molecule has 0 radical (unpaired) electrons. The molecule has 0 saturated heterocycles. The minimum absolute atomic E-state index is 0.303. The van der Waals surface area contributed by atoms with Gasteiger partial charge in [0.1, 0.15) is 17.5 Å². The number of hydrogen-bond acceptors (Lipinski definition) is 5. The molecule has 0 aliphatic heterocycles. The Balaban J connectivity index is 2.26. The molecule has 2 aromatic heterocycles. The summed E-state index contributed by atoms with van der Waals surface area (Å²) in [6, 6.07) is 2.07. The summed E-state index contributed by atoms with van der Waals surface area (Å²) >= 11 is 5.29. The van der Waals surface area contributed by atoms with Gasteiger partial charge in [-0.1, -0.05) is 13.8 Å². The van der Waals surface area contributed by atoms with Gasteiger partial charge in [-0.3, -0.25) is 0 Å². The van der Waals surface area contributed by atoms with Crippen LogP contribution in [0.3, 0.4) is 0 Å². The van der Waals surface area contributed by atoms with Gasteiger partial charge in [-0.25, -0.2) is 9.97 Å². The summed E-state index contributed by atoms with van der Waals surface area (Å²) in [6.07, 6.45) is 0. The molecule has 2 rings (SSSR count). The van der Waals surface area contributed by atoms with Crippen LogP contribution in [0.4, 0.5) is 11.6 Å². The summed E-state index contributed by atoms with van der Waals surface area (Å²) in [5, 5.41) is 8.84. The Morgan fingerprint density at radius 1 is 1.24 bits per heavy atom. The van der Waals surface area contributed by atoms with E-state index in [0.29, 0.717) is 5.92 Å². The summed E-state index contributed by atoms with van der Waals surface area (Å²) < 4.78 is 1.14. The summed E-state index contributed by atoms with van der Waals surface area (Å²) in [4.78, 5) is 10.6. The van der Waals surface area contributed by atoms with Gasteiger partial charge < -0.3 is 10.6 Å². The second-order valence-corrected chi connectivity index (χ2v) is 6.99. The van der Waals surface area contributed by atoms with Crippen LogP contribution in [0.25, 0.3) is 0 Å². The molecule has 0 fully saturated rings. The molecule has 4 nitrogen and oxygen atoms in total. The van der Waals surface area contributed by atoms with E-state index in [1.165, 1.54) is 4.88 Å². The zero-order chi connectivity index (χ0) is 15.4. The molecule has 6 heteroatoms. The molecule has 0 aliphatic carbocycles. The molecule has 2 N–H and O–H groups in total. The molecule has 0 amide bonds. The highest BCUT2D eigenvalue weighted by Gasteiger charge is 2.13. The maximum atomic E-state index is 4.67. The fraction of sp³-hybridized carbons (Fsp3) is 0.467. The molecule has 0 aliphatic rings. The Labute approximate surface area is 138 Å². The number of aromatic nitrogens is 2. The van der Waals surface area contributed by atoms with E-state index < -0.39 is 0 Å². The first-order chi connectivity index (χ1) is 10.0. The smallest absolute Gasteiger partial charge is 0.135 e.